The van der Waals surface area contributed by atoms with Crippen molar-refractivity contribution in [2.45, 2.75) is 26.3 Å². The minimum Gasteiger partial charge on any atom is -0.464 e. The highest BCUT2D eigenvalue weighted by Crippen LogP contribution is 2.19. The monoisotopic (exact) mass is 280 g/mol. The molecule has 2 rings (SSSR count). The number of amides is 1. The van der Waals surface area contributed by atoms with Crippen molar-refractivity contribution in [1.82, 2.24) is 20.3 Å². The van der Waals surface area contributed by atoms with Gasteiger partial charge in [-0.25, -0.2) is 0 Å². The zero-order valence-corrected chi connectivity index (χ0v) is 12.0. The molecule has 1 aromatic heterocycles. The number of nitrogens with one attached hydrogen (secondary N) is 2. The van der Waals surface area contributed by atoms with E-state index in [0.29, 0.717) is 38.0 Å². The van der Waals surface area contributed by atoms with Crippen LogP contribution in [0, 0.1) is 0 Å². The number of rotatable bonds is 5. The molecule has 110 valence electrons. The lowest BCUT2D eigenvalue weighted by Crippen LogP contribution is -2.55. The zero-order chi connectivity index (χ0) is 14.5. The Morgan fingerprint density at radius 1 is 1.40 bits per heavy atom. The Morgan fingerprint density at radius 3 is 2.85 bits per heavy atom. The standard InChI is InChI=1S/C12H20N6O2/c1-4-8-9(19)14-6-7-18(8)11-15-10(13-3)16-12(17-11)20-5-2/h8H,4-7H2,1-3H3,(H,14,19)(H,13,15,16,17). The molecule has 0 aromatic carbocycles. The van der Waals surface area contributed by atoms with Gasteiger partial charge in [0.15, 0.2) is 0 Å². The van der Waals surface area contributed by atoms with Gasteiger partial charge in [-0.15, -0.1) is 0 Å². The molecule has 1 aromatic rings. The highest BCUT2D eigenvalue weighted by Gasteiger charge is 2.30. The van der Waals surface area contributed by atoms with Crippen LogP contribution in [0.25, 0.3) is 0 Å². The number of hydrogen-bond donors (Lipinski definition) is 2. The van der Waals surface area contributed by atoms with Crippen molar-refractivity contribution in [3.05, 3.63) is 0 Å². The van der Waals surface area contributed by atoms with E-state index < -0.39 is 0 Å². The fraction of sp³-hybridized carbons (Fsp3) is 0.667. The van der Waals surface area contributed by atoms with Crippen LogP contribution in [0.5, 0.6) is 6.01 Å². The molecule has 8 heteroatoms. The average Bonchev–Trinajstić information content (AvgIpc) is 2.47. The molecule has 1 atom stereocenters. The van der Waals surface area contributed by atoms with E-state index in [2.05, 4.69) is 25.6 Å². The Hall–Kier alpha value is -2.12. The van der Waals surface area contributed by atoms with Gasteiger partial charge in [-0.05, 0) is 13.3 Å². The molecule has 0 saturated carbocycles. The summed E-state index contributed by atoms with van der Waals surface area (Å²) in [5.41, 5.74) is 0. The number of piperazine rings is 1. The number of nitrogens with zero attached hydrogens (tertiary/aromatic N) is 4. The molecule has 2 N–H and O–H groups in total. The maximum atomic E-state index is 11.9. The molecule has 2 heterocycles. The van der Waals surface area contributed by atoms with Crippen LogP contribution in [-0.4, -0.2) is 53.6 Å². The highest BCUT2D eigenvalue weighted by molar-refractivity contribution is 5.85. The molecule has 8 nitrogen and oxygen atoms in total. The molecule has 0 radical (unpaired) electrons. The molecular formula is C12H20N6O2. The van der Waals surface area contributed by atoms with E-state index in [9.17, 15) is 4.79 Å². The lowest BCUT2D eigenvalue weighted by molar-refractivity contribution is -0.123. The summed E-state index contributed by atoms with van der Waals surface area (Å²) in [6, 6.07) is 0.00742. The molecule has 1 fully saturated rings. The van der Waals surface area contributed by atoms with E-state index in [1.54, 1.807) is 7.05 Å². The highest BCUT2D eigenvalue weighted by atomic mass is 16.5. The van der Waals surface area contributed by atoms with Gasteiger partial charge in [0.1, 0.15) is 6.04 Å². The first-order valence-electron chi connectivity index (χ1n) is 6.80. The SMILES string of the molecule is CCOc1nc(NC)nc(N2CCNC(=O)C2CC)n1. The first-order valence-corrected chi connectivity index (χ1v) is 6.80. The van der Waals surface area contributed by atoms with Crippen LogP contribution in [-0.2, 0) is 4.79 Å². The molecule has 1 unspecified atom stereocenters. The van der Waals surface area contributed by atoms with Gasteiger partial charge in [-0.1, -0.05) is 6.92 Å². The number of hydrogen-bond acceptors (Lipinski definition) is 7. The van der Waals surface area contributed by atoms with Crippen molar-refractivity contribution in [3.63, 3.8) is 0 Å². The second-order valence-electron chi connectivity index (χ2n) is 4.33. The first kappa shape index (κ1) is 14.3. The lowest BCUT2D eigenvalue weighted by Gasteiger charge is -2.34. The van der Waals surface area contributed by atoms with Gasteiger partial charge < -0.3 is 20.3 Å². The van der Waals surface area contributed by atoms with Crippen LogP contribution in [0.1, 0.15) is 20.3 Å². The van der Waals surface area contributed by atoms with Crippen molar-refractivity contribution in [2.75, 3.05) is 37.0 Å². The number of aromatic nitrogens is 3. The van der Waals surface area contributed by atoms with Crippen LogP contribution in [0.2, 0.25) is 0 Å². The molecule has 20 heavy (non-hydrogen) atoms. The number of ether oxygens (including phenoxy) is 1. The number of carbonyl (C=O) groups excluding carboxylic acids is 1. The number of anilines is 2. The van der Waals surface area contributed by atoms with Gasteiger partial charge in [0.05, 0.1) is 6.61 Å². The van der Waals surface area contributed by atoms with Gasteiger partial charge in [0, 0.05) is 20.1 Å². The van der Waals surface area contributed by atoms with E-state index >= 15 is 0 Å². The van der Waals surface area contributed by atoms with E-state index in [4.69, 9.17) is 4.74 Å². The molecule has 1 aliphatic heterocycles. The van der Waals surface area contributed by atoms with Crippen molar-refractivity contribution in [2.24, 2.45) is 0 Å². The van der Waals surface area contributed by atoms with Crippen LogP contribution in [0.3, 0.4) is 0 Å². The minimum absolute atomic E-state index is 0.00290. The summed E-state index contributed by atoms with van der Waals surface area (Å²) in [4.78, 5) is 26.5. The Morgan fingerprint density at radius 2 is 2.20 bits per heavy atom. The van der Waals surface area contributed by atoms with Crippen molar-refractivity contribution in [3.8, 4) is 6.01 Å². The molecule has 0 aliphatic carbocycles. The molecule has 0 spiro atoms. The first-order chi connectivity index (χ1) is 9.69. The fourth-order valence-corrected chi connectivity index (χ4v) is 2.14. The average molecular weight is 280 g/mol. The van der Waals surface area contributed by atoms with Gasteiger partial charge in [-0.2, -0.15) is 15.0 Å². The summed E-state index contributed by atoms with van der Waals surface area (Å²) in [5, 5.41) is 5.73. The second-order valence-corrected chi connectivity index (χ2v) is 4.33. The van der Waals surface area contributed by atoms with Gasteiger partial charge in [0.25, 0.3) is 0 Å². The minimum atomic E-state index is -0.259. The van der Waals surface area contributed by atoms with Gasteiger partial charge in [0.2, 0.25) is 17.8 Å². The molecular weight excluding hydrogens is 260 g/mol. The van der Waals surface area contributed by atoms with E-state index in [0.717, 1.165) is 0 Å². The van der Waals surface area contributed by atoms with Gasteiger partial charge >= 0.3 is 6.01 Å². The van der Waals surface area contributed by atoms with Crippen LogP contribution in [0.15, 0.2) is 0 Å². The maximum Gasteiger partial charge on any atom is 0.323 e. The Labute approximate surface area is 118 Å². The predicted molar refractivity (Wildman–Crippen MR) is 75.0 cm³/mol. The molecule has 0 bridgehead atoms. The summed E-state index contributed by atoms with van der Waals surface area (Å²) in [5.74, 6) is 0.900. The Kier molecular flexibility index (Phi) is 4.54. The van der Waals surface area contributed by atoms with E-state index in [1.165, 1.54) is 0 Å². The van der Waals surface area contributed by atoms with Crippen molar-refractivity contribution < 1.29 is 9.53 Å². The van der Waals surface area contributed by atoms with Crippen molar-refractivity contribution >= 4 is 17.8 Å². The summed E-state index contributed by atoms with van der Waals surface area (Å²) in [7, 11) is 1.73. The normalized spacial score (nSPS) is 18.6. The lowest BCUT2D eigenvalue weighted by atomic mass is 10.1. The third-order valence-electron chi connectivity index (χ3n) is 3.07. The largest absolute Gasteiger partial charge is 0.464 e. The molecule has 1 saturated heterocycles. The summed E-state index contributed by atoms with van der Waals surface area (Å²) >= 11 is 0. The molecule has 1 aliphatic rings. The third kappa shape index (κ3) is 2.89. The van der Waals surface area contributed by atoms with Crippen LogP contribution in [0.4, 0.5) is 11.9 Å². The summed E-state index contributed by atoms with van der Waals surface area (Å²) in [6.07, 6.45) is 0.691. The summed E-state index contributed by atoms with van der Waals surface area (Å²) in [6.45, 7) is 5.56. The smallest absolute Gasteiger partial charge is 0.323 e. The second kappa shape index (κ2) is 6.36. The maximum absolute atomic E-state index is 11.9. The fourth-order valence-electron chi connectivity index (χ4n) is 2.14. The summed E-state index contributed by atoms with van der Waals surface area (Å²) < 4.78 is 5.35. The zero-order valence-electron chi connectivity index (χ0n) is 12.0. The van der Waals surface area contributed by atoms with Gasteiger partial charge in [-0.3, -0.25) is 4.79 Å². The molecule has 1 amide bonds. The van der Waals surface area contributed by atoms with E-state index in [1.807, 2.05) is 18.7 Å². The van der Waals surface area contributed by atoms with Crippen molar-refractivity contribution in [1.29, 1.82) is 0 Å². The third-order valence-corrected chi connectivity index (χ3v) is 3.07. The predicted octanol–water partition coefficient (Wildman–Crippen LogP) is 0.0268. The Balaban J connectivity index is 2.34. The number of carbonyl (C=O) groups is 1. The Bertz CT molecular complexity index is 481. The van der Waals surface area contributed by atoms with Crippen LogP contribution >= 0.6 is 0 Å². The quantitative estimate of drug-likeness (QED) is 0.786. The van der Waals surface area contributed by atoms with E-state index in [-0.39, 0.29) is 18.0 Å². The topological polar surface area (TPSA) is 92.3 Å². The van der Waals surface area contributed by atoms with Crippen LogP contribution < -0.4 is 20.3 Å².